The number of hydrogen-bond acceptors (Lipinski definition) is 3. The zero-order chi connectivity index (χ0) is 17.9. The molecule has 130 valence electrons. The van der Waals surface area contributed by atoms with Gasteiger partial charge in [0.05, 0.1) is 17.6 Å². The minimum atomic E-state index is -0.604. The van der Waals surface area contributed by atoms with Crippen molar-refractivity contribution in [2.45, 2.75) is 31.6 Å². The maximum absolute atomic E-state index is 13.2. The predicted molar refractivity (Wildman–Crippen MR) is 93.0 cm³/mol. The number of anilines is 1. The van der Waals surface area contributed by atoms with Crippen LogP contribution in [-0.4, -0.2) is 18.5 Å². The first-order valence-corrected chi connectivity index (χ1v) is 8.40. The summed E-state index contributed by atoms with van der Waals surface area (Å²) in [6.07, 6.45) is 2.45. The number of nitrogens with one attached hydrogen (secondary N) is 1. The van der Waals surface area contributed by atoms with Crippen molar-refractivity contribution in [1.29, 1.82) is 0 Å². The van der Waals surface area contributed by atoms with Crippen molar-refractivity contribution in [3.63, 3.8) is 0 Å². The van der Waals surface area contributed by atoms with Gasteiger partial charge in [-0.25, -0.2) is 9.18 Å². The summed E-state index contributed by atoms with van der Waals surface area (Å²) in [6.45, 7) is 2.07. The van der Waals surface area contributed by atoms with Crippen molar-refractivity contribution in [3.05, 3.63) is 65.5 Å². The maximum atomic E-state index is 13.2. The topological polar surface area (TPSA) is 55.4 Å². The van der Waals surface area contributed by atoms with Crippen LogP contribution in [0.15, 0.2) is 48.5 Å². The third-order valence-corrected chi connectivity index (χ3v) is 4.69. The van der Waals surface area contributed by atoms with Gasteiger partial charge in [-0.2, -0.15) is 0 Å². The SMILES string of the molecule is CCOC(=O)c1ccc(NC(=O)C2(c3ccc(F)cc3)CCC2)cc1. The highest BCUT2D eigenvalue weighted by Gasteiger charge is 2.45. The molecule has 1 saturated carbocycles. The van der Waals surface area contributed by atoms with E-state index in [1.54, 1.807) is 43.3 Å². The van der Waals surface area contributed by atoms with Crippen LogP contribution in [0.2, 0.25) is 0 Å². The van der Waals surface area contributed by atoms with Crippen LogP contribution in [0.1, 0.15) is 42.1 Å². The van der Waals surface area contributed by atoms with E-state index < -0.39 is 5.41 Å². The molecular formula is C20H20FNO3. The number of ether oxygens (including phenoxy) is 1. The van der Waals surface area contributed by atoms with Gasteiger partial charge in [0.15, 0.2) is 0 Å². The van der Waals surface area contributed by atoms with Crippen molar-refractivity contribution < 1.29 is 18.7 Å². The summed E-state index contributed by atoms with van der Waals surface area (Å²) in [5.74, 6) is -0.801. The molecule has 1 amide bonds. The molecule has 2 aromatic rings. The molecule has 0 aliphatic heterocycles. The van der Waals surface area contributed by atoms with Gasteiger partial charge < -0.3 is 10.1 Å². The maximum Gasteiger partial charge on any atom is 0.338 e. The summed E-state index contributed by atoms with van der Waals surface area (Å²) in [5.41, 5.74) is 1.29. The Bertz CT molecular complexity index is 765. The number of hydrogen-bond donors (Lipinski definition) is 1. The van der Waals surface area contributed by atoms with Crippen molar-refractivity contribution >= 4 is 17.6 Å². The fraction of sp³-hybridized carbons (Fsp3) is 0.300. The van der Waals surface area contributed by atoms with E-state index in [4.69, 9.17) is 4.74 Å². The number of carbonyl (C=O) groups excluding carboxylic acids is 2. The van der Waals surface area contributed by atoms with Gasteiger partial charge in [-0.15, -0.1) is 0 Å². The Labute approximate surface area is 146 Å². The molecule has 0 heterocycles. The first kappa shape index (κ1) is 17.1. The standard InChI is InChI=1S/C20H20FNO3/c1-2-25-18(23)14-4-10-17(11-5-14)22-19(24)20(12-3-13-20)15-6-8-16(21)9-7-15/h4-11H,2-3,12-13H2,1H3,(H,22,24). The van der Waals surface area contributed by atoms with Crippen LogP contribution in [0.25, 0.3) is 0 Å². The number of esters is 1. The van der Waals surface area contributed by atoms with Crippen LogP contribution in [-0.2, 0) is 14.9 Å². The molecule has 0 radical (unpaired) electrons. The van der Waals surface area contributed by atoms with Gasteiger partial charge in [-0.05, 0) is 61.7 Å². The Morgan fingerprint density at radius 1 is 1.08 bits per heavy atom. The minimum absolute atomic E-state index is 0.103. The van der Waals surface area contributed by atoms with E-state index in [0.717, 1.165) is 24.8 Å². The van der Waals surface area contributed by atoms with E-state index >= 15 is 0 Å². The first-order chi connectivity index (χ1) is 12.0. The second kappa shape index (κ2) is 7.05. The number of halogens is 1. The average Bonchev–Trinajstić information content (AvgIpc) is 2.56. The van der Waals surface area contributed by atoms with E-state index in [1.807, 2.05) is 0 Å². The van der Waals surface area contributed by atoms with Gasteiger partial charge in [0, 0.05) is 5.69 Å². The number of amides is 1. The van der Waals surface area contributed by atoms with Gasteiger partial charge in [-0.1, -0.05) is 18.6 Å². The van der Waals surface area contributed by atoms with Gasteiger partial charge in [-0.3, -0.25) is 4.79 Å². The molecule has 0 aromatic heterocycles. The molecule has 0 saturated heterocycles. The van der Waals surface area contributed by atoms with E-state index in [1.165, 1.54) is 12.1 Å². The molecule has 4 nitrogen and oxygen atoms in total. The summed E-state index contributed by atoms with van der Waals surface area (Å²) in [5, 5.41) is 2.91. The highest BCUT2D eigenvalue weighted by atomic mass is 19.1. The lowest BCUT2D eigenvalue weighted by Gasteiger charge is -2.40. The highest BCUT2D eigenvalue weighted by molar-refractivity contribution is 6.00. The molecule has 1 aliphatic carbocycles. The molecule has 2 aromatic carbocycles. The van der Waals surface area contributed by atoms with Gasteiger partial charge in [0.2, 0.25) is 5.91 Å². The van der Waals surface area contributed by atoms with Crippen LogP contribution >= 0.6 is 0 Å². The summed E-state index contributed by atoms with van der Waals surface area (Å²) >= 11 is 0. The molecule has 5 heteroatoms. The molecule has 25 heavy (non-hydrogen) atoms. The summed E-state index contributed by atoms with van der Waals surface area (Å²) < 4.78 is 18.1. The quantitative estimate of drug-likeness (QED) is 0.834. The Balaban J connectivity index is 1.74. The minimum Gasteiger partial charge on any atom is -0.462 e. The van der Waals surface area contributed by atoms with E-state index in [2.05, 4.69) is 5.32 Å². The van der Waals surface area contributed by atoms with E-state index in [9.17, 15) is 14.0 Å². The van der Waals surface area contributed by atoms with Crippen LogP contribution in [0.5, 0.6) is 0 Å². The molecule has 3 rings (SSSR count). The molecule has 0 atom stereocenters. The zero-order valence-corrected chi connectivity index (χ0v) is 14.0. The predicted octanol–water partition coefficient (Wildman–Crippen LogP) is 4.06. The van der Waals surface area contributed by atoms with Crippen LogP contribution in [0, 0.1) is 5.82 Å². The lowest BCUT2D eigenvalue weighted by molar-refractivity contribution is -0.124. The van der Waals surface area contributed by atoms with Crippen molar-refractivity contribution in [1.82, 2.24) is 0 Å². The van der Waals surface area contributed by atoms with Crippen LogP contribution in [0.4, 0.5) is 10.1 Å². The molecule has 1 aliphatic rings. The van der Waals surface area contributed by atoms with Crippen molar-refractivity contribution in [3.8, 4) is 0 Å². The monoisotopic (exact) mass is 341 g/mol. The second-order valence-corrected chi connectivity index (χ2v) is 6.19. The Morgan fingerprint density at radius 3 is 2.24 bits per heavy atom. The first-order valence-electron chi connectivity index (χ1n) is 8.40. The van der Waals surface area contributed by atoms with Crippen molar-refractivity contribution in [2.24, 2.45) is 0 Å². The van der Waals surface area contributed by atoms with Crippen LogP contribution < -0.4 is 5.32 Å². The van der Waals surface area contributed by atoms with Gasteiger partial charge in [0.1, 0.15) is 5.82 Å². The van der Waals surface area contributed by atoms with E-state index in [-0.39, 0.29) is 17.7 Å². The lowest BCUT2D eigenvalue weighted by Crippen LogP contribution is -2.46. The number of benzene rings is 2. The van der Waals surface area contributed by atoms with E-state index in [0.29, 0.717) is 17.9 Å². The molecular weight excluding hydrogens is 321 g/mol. The van der Waals surface area contributed by atoms with Gasteiger partial charge in [0.25, 0.3) is 0 Å². The molecule has 1 N–H and O–H groups in total. The Morgan fingerprint density at radius 2 is 1.72 bits per heavy atom. The number of carbonyl (C=O) groups is 2. The number of rotatable bonds is 5. The molecule has 1 fully saturated rings. The fourth-order valence-corrected chi connectivity index (χ4v) is 3.10. The Kier molecular flexibility index (Phi) is 4.83. The zero-order valence-electron chi connectivity index (χ0n) is 14.0. The smallest absolute Gasteiger partial charge is 0.338 e. The van der Waals surface area contributed by atoms with Gasteiger partial charge >= 0.3 is 5.97 Å². The molecule has 0 bridgehead atoms. The average molecular weight is 341 g/mol. The third kappa shape index (κ3) is 3.40. The summed E-state index contributed by atoms with van der Waals surface area (Å²) in [6, 6.07) is 12.7. The normalized spacial score (nSPS) is 15.1. The third-order valence-electron chi connectivity index (χ3n) is 4.69. The van der Waals surface area contributed by atoms with Crippen LogP contribution in [0.3, 0.4) is 0 Å². The summed E-state index contributed by atoms with van der Waals surface area (Å²) in [4.78, 5) is 24.5. The largest absolute Gasteiger partial charge is 0.462 e. The van der Waals surface area contributed by atoms with Crippen molar-refractivity contribution in [2.75, 3.05) is 11.9 Å². The fourth-order valence-electron chi connectivity index (χ4n) is 3.10. The summed E-state index contributed by atoms with van der Waals surface area (Å²) in [7, 11) is 0. The lowest BCUT2D eigenvalue weighted by atomic mass is 9.64. The highest BCUT2D eigenvalue weighted by Crippen LogP contribution is 2.44. The second-order valence-electron chi connectivity index (χ2n) is 6.19. The molecule has 0 unspecified atom stereocenters. The Hall–Kier alpha value is -2.69. The molecule has 0 spiro atoms.